The summed E-state index contributed by atoms with van der Waals surface area (Å²) in [5, 5.41) is 20.0. The van der Waals surface area contributed by atoms with Crippen LogP contribution in [0.2, 0.25) is 0 Å². The van der Waals surface area contributed by atoms with E-state index in [0.717, 1.165) is 11.1 Å². The fourth-order valence-electron chi connectivity index (χ4n) is 4.63. The van der Waals surface area contributed by atoms with E-state index in [4.69, 9.17) is 18.9 Å². The van der Waals surface area contributed by atoms with E-state index < -0.39 is 24.1 Å². The summed E-state index contributed by atoms with van der Waals surface area (Å²) in [6.07, 6.45) is -1.41. The summed E-state index contributed by atoms with van der Waals surface area (Å²) in [7, 11) is 0. The van der Waals surface area contributed by atoms with E-state index in [-0.39, 0.29) is 47.0 Å². The second-order valence-corrected chi connectivity index (χ2v) is 9.28. The Hall–Kier alpha value is -4.66. The van der Waals surface area contributed by atoms with E-state index >= 15 is 0 Å². The molecule has 2 atom stereocenters. The van der Waals surface area contributed by atoms with Gasteiger partial charge in [0.15, 0.2) is 12.2 Å². The van der Waals surface area contributed by atoms with Crippen molar-refractivity contribution in [1.82, 2.24) is 0 Å². The van der Waals surface area contributed by atoms with Crippen LogP contribution in [-0.2, 0) is 22.7 Å². The highest BCUT2D eigenvalue weighted by Crippen LogP contribution is 2.44. The average molecular weight is 541 g/mol. The van der Waals surface area contributed by atoms with Crippen LogP contribution < -0.4 is 9.47 Å². The van der Waals surface area contributed by atoms with Gasteiger partial charge in [-0.1, -0.05) is 72.8 Å². The van der Waals surface area contributed by atoms with E-state index in [9.17, 15) is 19.8 Å². The minimum absolute atomic E-state index is 0.0984. The second kappa shape index (κ2) is 12.5. The van der Waals surface area contributed by atoms with Crippen molar-refractivity contribution in [2.24, 2.45) is 0 Å². The van der Waals surface area contributed by atoms with E-state index in [2.05, 4.69) is 0 Å². The SMILES string of the molecule is O=C(O)c1cccc2c1-c1c(cccc1C(=O)O)O[C@H](COCc1ccccc1)[C@@H](COCc1ccccc1)O2. The number of ether oxygens (including phenoxy) is 4. The maximum absolute atomic E-state index is 12.2. The van der Waals surface area contributed by atoms with Gasteiger partial charge in [-0.2, -0.15) is 0 Å². The van der Waals surface area contributed by atoms with Crippen LogP contribution in [0.25, 0.3) is 11.1 Å². The van der Waals surface area contributed by atoms with Crippen LogP contribution in [0, 0.1) is 0 Å². The normalized spacial score (nSPS) is 15.9. The van der Waals surface area contributed by atoms with E-state index in [1.807, 2.05) is 60.7 Å². The molecular weight excluding hydrogens is 512 g/mol. The molecule has 1 heterocycles. The van der Waals surface area contributed by atoms with Crippen molar-refractivity contribution in [2.45, 2.75) is 25.4 Å². The van der Waals surface area contributed by atoms with Crippen LogP contribution in [0.1, 0.15) is 31.8 Å². The first-order valence-electron chi connectivity index (χ1n) is 12.8. The number of carboxylic acids is 2. The second-order valence-electron chi connectivity index (χ2n) is 9.28. The van der Waals surface area contributed by atoms with Gasteiger partial charge in [0, 0.05) is 11.1 Å². The molecule has 1 aliphatic rings. The summed E-state index contributed by atoms with van der Waals surface area (Å²) in [6, 6.07) is 28.6. The molecule has 204 valence electrons. The summed E-state index contributed by atoms with van der Waals surface area (Å²) < 4.78 is 24.8. The van der Waals surface area contributed by atoms with Gasteiger partial charge in [0.25, 0.3) is 0 Å². The van der Waals surface area contributed by atoms with E-state index in [1.165, 1.54) is 12.1 Å². The van der Waals surface area contributed by atoms with Crippen LogP contribution in [0.15, 0.2) is 97.1 Å². The van der Waals surface area contributed by atoms with Crippen LogP contribution in [0.5, 0.6) is 11.5 Å². The fraction of sp³-hybridized carbons (Fsp3) is 0.188. The van der Waals surface area contributed by atoms with Gasteiger partial charge < -0.3 is 29.2 Å². The molecule has 0 saturated heterocycles. The molecule has 8 nitrogen and oxygen atoms in total. The van der Waals surface area contributed by atoms with Gasteiger partial charge in [0.1, 0.15) is 11.5 Å². The Bertz CT molecular complexity index is 1360. The molecule has 0 spiro atoms. The van der Waals surface area contributed by atoms with Crippen molar-refractivity contribution in [2.75, 3.05) is 13.2 Å². The third-order valence-corrected chi connectivity index (χ3v) is 6.52. The van der Waals surface area contributed by atoms with Crippen molar-refractivity contribution >= 4 is 11.9 Å². The third-order valence-electron chi connectivity index (χ3n) is 6.52. The van der Waals surface area contributed by atoms with Crippen LogP contribution >= 0.6 is 0 Å². The largest absolute Gasteiger partial charge is 0.483 e. The summed E-state index contributed by atoms with van der Waals surface area (Å²) in [4.78, 5) is 24.4. The summed E-state index contributed by atoms with van der Waals surface area (Å²) in [5.41, 5.74) is 2.05. The molecule has 0 saturated carbocycles. The number of benzene rings is 4. The molecule has 0 bridgehead atoms. The zero-order valence-electron chi connectivity index (χ0n) is 21.6. The number of carboxylic acid groups (broad SMARTS) is 2. The monoisotopic (exact) mass is 540 g/mol. The van der Waals surface area contributed by atoms with E-state index in [0.29, 0.717) is 13.2 Å². The van der Waals surface area contributed by atoms with Crippen LogP contribution in [-0.4, -0.2) is 47.6 Å². The number of hydrogen-bond donors (Lipinski definition) is 2. The molecule has 0 unspecified atom stereocenters. The summed E-state index contributed by atoms with van der Waals surface area (Å²) >= 11 is 0. The molecule has 0 aromatic heterocycles. The first kappa shape index (κ1) is 26.9. The Morgan fingerprint density at radius 3 is 1.35 bits per heavy atom. The summed E-state index contributed by atoms with van der Waals surface area (Å²) in [5.74, 6) is -1.99. The molecule has 40 heavy (non-hydrogen) atoms. The van der Waals surface area contributed by atoms with Crippen molar-refractivity contribution < 1.29 is 38.7 Å². The molecule has 4 aromatic rings. The molecule has 0 radical (unpaired) electrons. The lowest BCUT2D eigenvalue weighted by Crippen LogP contribution is -2.44. The third kappa shape index (κ3) is 6.14. The Kier molecular flexibility index (Phi) is 8.39. The number of hydrogen-bond acceptors (Lipinski definition) is 6. The number of fused-ring (bicyclic) bond motifs is 3. The summed E-state index contributed by atoms with van der Waals surface area (Å²) in [6.45, 7) is 0.887. The Balaban J connectivity index is 1.51. The lowest BCUT2D eigenvalue weighted by molar-refractivity contribution is -0.0552. The highest BCUT2D eigenvalue weighted by molar-refractivity contribution is 6.05. The number of carbonyl (C=O) groups is 2. The lowest BCUT2D eigenvalue weighted by atomic mass is 9.92. The minimum Gasteiger partial charge on any atom is -0.483 e. The van der Waals surface area contributed by atoms with Gasteiger partial charge >= 0.3 is 11.9 Å². The van der Waals surface area contributed by atoms with Crippen LogP contribution in [0.3, 0.4) is 0 Å². The molecule has 5 rings (SSSR count). The topological polar surface area (TPSA) is 112 Å². The first-order valence-corrected chi connectivity index (χ1v) is 12.8. The zero-order valence-corrected chi connectivity index (χ0v) is 21.6. The molecule has 2 N–H and O–H groups in total. The average Bonchev–Trinajstić information content (AvgIpc) is 2.96. The first-order chi connectivity index (χ1) is 19.5. The fourth-order valence-corrected chi connectivity index (χ4v) is 4.63. The van der Waals surface area contributed by atoms with Gasteiger partial charge in [-0.15, -0.1) is 0 Å². The highest BCUT2D eigenvalue weighted by atomic mass is 16.6. The van der Waals surface area contributed by atoms with Crippen LogP contribution in [0.4, 0.5) is 0 Å². The lowest BCUT2D eigenvalue weighted by Gasteiger charge is -2.33. The number of aromatic carboxylic acids is 2. The molecule has 8 heteroatoms. The molecule has 4 aromatic carbocycles. The predicted molar refractivity (Wildman–Crippen MR) is 147 cm³/mol. The predicted octanol–water partition coefficient (Wildman–Crippen LogP) is 5.69. The van der Waals surface area contributed by atoms with Gasteiger partial charge in [-0.3, -0.25) is 0 Å². The maximum Gasteiger partial charge on any atom is 0.336 e. The smallest absolute Gasteiger partial charge is 0.336 e. The molecule has 1 aliphatic heterocycles. The van der Waals surface area contributed by atoms with Gasteiger partial charge in [-0.05, 0) is 35.4 Å². The Morgan fingerprint density at radius 1 is 0.575 bits per heavy atom. The quantitative estimate of drug-likeness (QED) is 0.264. The van der Waals surface area contributed by atoms with E-state index in [1.54, 1.807) is 24.3 Å². The molecular formula is C32H28O8. The Labute approximate surface area is 231 Å². The van der Waals surface area contributed by atoms with Crippen molar-refractivity contribution in [3.05, 3.63) is 119 Å². The van der Waals surface area contributed by atoms with Gasteiger partial charge in [0.2, 0.25) is 0 Å². The van der Waals surface area contributed by atoms with Crippen molar-refractivity contribution in [3.63, 3.8) is 0 Å². The van der Waals surface area contributed by atoms with Crippen molar-refractivity contribution in [3.8, 4) is 22.6 Å². The Morgan fingerprint density at radius 2 is 0.975 bits per heavy atom. The maximum atomic E-state index is 12.2. The molecule has 0 amide bonds. The number of rotatable bonds is 10. The molecule has 0 aliphatic carbocycles. The minimum atomic E-state index is -1.22. The standard InChI is InChI=1S/C32H28O8/c33-31(34)23-13-7-15-25-29(23)30-24(32(35)36)14-8-16-26(30)40-28(20-38-18-22-11-5-2-6-12-22)27(39-25)19-37-17-21-9-3-1-4-10-21/h1-16,27-28H,17-20H2,(H,33,34)(H,35,36)/t27-,28-/m1/s1. The zero-order chi connectivity index (χ0) is 27.9. The van der Waals surface area contributed by atoms with Gasteiger partial charge in [0.05, 0.1) is 37.6 Å². The van der Waals surface area contributed by atoms with Gasteiger partial charge in [-0.25, -0.2) is 9.59 Å². The molecule has 0 fully saturated rings. The highest BCUT2D eigenvalue weighted by Gasteiger charge is 2.34. The van der Waals surface area contributed by atoms with Crippen molar-refractivity contribution in [1.29, 1.82) is 0 Å².